The highest BCUT2D eigenvalue weighted by Gasteiger charge is 2.31. The summed E-state index contributed by atoms with van der Waals surface area (Å²) < 4.78 is 54.5. The number of hydrogen-bond acceptors (Lipinski definition) is 5. The van der Waals surface area contributed by atoms with Crippen LogP contribution in [0.25, 0.3) is 10.2 Å². The maximum atomic E-state index is 14.8. The standard InChI is InChI=1S/C22H24F4N4O2S/c23-19(14-3-1-2-4-14)20(32)29-9-7-18(31)27-8-10-30(12-11-29)21-28-16-13-15(22(24,25)26)5-6-17(16)33-21/h5-6,13H,1-4,7-12H2,(H,27,31). The van der Waals surface area contributed by atoms with Crippen molar-refractivity contribution in [2.45, 2.75) is 38.3 Å². The van der Waals surface area contributed by atoms with Crippen LogP contribution in [0.1, 0.15) is 37.7 Å². The van der Waals surface area contributed by atoms with E-state index in [0.29, 0.717) is 47.9 Å². The van der Waals surface area contributed by atoms with Gasteiger partial charge in [0.2, 0.25) is 5.91 Å². The van der Waals surface area contributed by atoms with Crippen LogP contribution in [0.2, 0.25) is 0 Å². The molecule has 1 saturated heterocycles. The highest BCUT2D eigenvalue weighted by molar-refractivity contribution is 7.22. The Hall–Kier alpha value is -2.69. The predicted molar refractivity (Wildman–Crippen MR) is 118 cm³/mol. The van der Waals surface area contributed by atoms with Crippen molar-refractivity contribution >= 4 is 38.5 Å². The molecule has 6 nitrogen and oxygen atoms in total. The third-order valence-corrected chi connectivity index (χ3v) is 7.02. The van der Waals surface area contributed by atoms with E-state index in [2.05, 4.69) is 10.3 Å². The van der Waals surface area contributed by atoms with Gasteiger partial charge in [0.25, 0.3) is 5.91 Å². The molecule has 1 aromatic carbocycles. The Labute approximate surface area is 192 Å². The van der Waals surface area contributed by atoms with Gasteiger partial charge in [0, 0.05) is 39.1 Å². The summed E-state index contributed by atoms with van der Waals surface area (Å²) in [4.78, 5) is 32.4. The van der Waals surface area contributed by atoms with E-state index in [1.54, 1.807) is 0 Å². The summed E-state index contributed by atoms with van der Waals surface area (Å²) in [5.74, 6) is -1.68. The summed E-state index contributed by atoms with van der Waals surface area (Å²) in [5.41, 5.74) is -0.00629. The van der Waals surface area contributed by atoms with Gasteiger partial charge in [-0.15, -0.1) is 0 Å². The zero-order valence-electron chi connectivity index (χ0n) is 17.9. The smallest absolute Gasteiger partial charge is 0.354 e. The van der Waals surface area contributed by atoms with Gasteiger partial charge >= 0.3 is 6.18 Å². The topological polar surface area (TPSA) is 65.5 Å². The summed E-state index contributed by atoms with van der Waals surface area (Å²) in [7, 11) is 0. The van der Waals surface area contributed by atoms with E-state index in [4.69, 9.17) is 0 Å². The second kappa shape index (κ2) is 9.66. The van der Waals surface area contributed by atoms with Crippen LogP contribution < -0.4 is 10.2 Å². The van der Waals surface area contributed by atoms with E-state index < -0.39 is 23.5 Å². The first-order valence-electron chi connectivity index (χ1n) is 10.9. The second-order valence-corrected chi connectivity index (χ2v) is 9.19. The number of carbonyl (C=O) groups is 2. The molecule has 1 N–H and O–H groups in total. The van der Waals surface area contributed by atoms with Crippen LogP contribution in [-0.2, 0) is 15.8 Å². The molecule has 0 bridgehead atoms. The van der Waals surface area contributed by atoms with Crippen molar-refractivity contribution in [2.75, 3.05) is 37.6 Å². The van der Waals surface area contributed by atoms with Gasteiger partial charge in [0.1, 0.15) is 0 Å². The fourth-order valence-electron chi connectivity index (χ4n) is 4.05. The first kappa shape index (κ1) is 23.5. The molecule has 33 heavy (non-hydrogen) atoms. The average molecular weight is 485 g/mol. The third-order valence-electron chi connectivity index (χ3n) is 5.92. The van der Waals surface area contributed by atoms with Crippen molar-refractivity contribution in [2.24, 2.45) is 0 Å². The Bertz CT molecular complexity index is 1070. The molecule has 1 aromatic heterocycles. The minimum absolute atomic E-state index is 0.0791. The Morgan fingerprint density at radius 1 is 1.06 bits per heavy atom. The maximum absolute atomic E-state index is 14.8. The molecule has 4 rings (SSSR count). The SMILES string of the molecule is O=C1CCN(C(=O)C(F)=C2CCCC2)CCN(c2nc3cc(C(F)(F)F)ccc3s2)CCN1. The molecule has 1 saturated carbocycles. The number of anilines is 1. The minimum atomic E-state index is -4.46. The molecule has 1 aliphatic carbocycles. The van der Waals surface area contributed by atoms with Gasteiger partial charge in [0.15, 0.2) is 11.0 Å². The first-order chi connectivity index (χ1) is 15.7. The lowest BCUT2D eigenvalue weighted by Crippen LogP contribution is -2.45. The van der Waals surface area contributed by atoms with E-state index in [1.807, 2.05) is 4.90 Å². The monoisotopic (exact) mass is 484 g/mol. The van der Waals surface area contributed by atoms with Crippen LogP contribution in [-0.4, -0.2) is 54.4 Å². The molecule has 2 aromatic rings. The van der Waals surface area contributed by atoms with Gasteiger partial charge in [-0.1, -0.05) is 11.3 Å². The Morgan fingerprint density at radius 3 is 2.55 bits per heavy atom. The summed E-state index contributed by atoms with van der Waals surface area (Å²) in [5, 5.41) is 3.25. The number of amides is 2. The highest BCUT2D eigenvalue weighted by Crippen LogP contribution is 2.35. The fraction of sp³-hybridized carbons (Fsp3) is 0.500. The number of benzene rings is 1. The molecule has 0 radical (unpaired) electrons. The molecule has 2 aliphatic rings. The molecule has 178 valence electrons. The fourth-order valence-corrected chi connectivity index (χ4v) is 5.05. The van der Waals surface area contributed by atoms with Gasteiger partial charge in [-0.25, -0.2) is 9.37 Å². The van der Waals surface area contributed by atoms with Gasteiger partial charge in [-0.05, 0) is 49.5 Å². The molecule has 1 aliphatic heterocycles. The zero-order valence-corrected chi connectivity index (χ0v) is 18.7. The first-order valence-corrected chi connectivity index (χ1v) is 11.7. The van der Waals surface area contributed by atoms with Crippen LogP contribution in [0, 0.1) is 0 Å². The lowest BCUT2D eigenvalue weighted by atomic mass is 10.2. The van der Waals surface area contributed by atoms with Crippen molar-refractivity contribution in [3.63, 3.8) is 0 Å². The Morgan fingerprint density at radius 2 is 1.82 bits per heavy atom. The van der Waals surface area contributed by atoms with Crippen LogP contribution in [0.3, 0.4) is 0 Å². The number of nitrogens with one attached hydrogen (secondary N) is 1. The van der Waals surface area contributed by atoms with Crippen LogP contribution >= 0.6 is 11.3 Å². The molecule has 2 amide bonds. The molecule has 0 spiro atoms. The van der Waals surface area contributed by atoms with Crippen molar-refractivity contribution in [1.82, 2.24) is 15.2 Å². The molecule has 0 unspecified atom stereocenters. The van der Waals surface area contributed by atoms with Crippen molar-refractivity contribution in [1.29, 1.82) is 0 Å². The quantitative estimate of drug-likeness (QED) is 0.511. The number of alkyl halides is 3. The van der Waals surface area contributed by atoms with Crippen molar-refractivity contribution in [3.8, 4) is 0 Å². The van der Waals surface area contributed by atoms with Crippen LogP contribution in [0.4, 0.5) is 22.7 Å². The number of rotatable bonds is 2. The number of nitrogens with zero attached hydrogens (tertiary/aromatic N) is 3. The summed E-state index contributed by atoms with van der Waals surface area (Å²) in [6, 6.07) is 3.42. The maximum Gasteiger partial charge on any atom is 0.416 e. The molecule has 2 fully saturated rings. The number of allylic oxidation sites excluding steroid dienone is 1. The number of fused-ring (bicyclic) bond motifs is 1. The number of halogens is 4. The van der Waals surface area contributed by atoms with E-state index in [-0.39, 0.29) is 30.9 Å². The molecule has 2 heterocycles. The Balaban J connectivity index is 1.56. The van der Waals surface area contributed by atoms with Crippen molar-refractivity contribution < 1.29 is 27.2 Å². The largest absolute Gasteiger partial charge is 0.416 e. The second-order valence-electron chi connectivity index (χ2n) is 8.18. The van der Waals surface area contributed by atoms with Crippen LogP contribution in [0.15, 0.2) is 29.6 Å². The molecular formula is C22H24F4N4O2S. The number of hydrogen-bond donors (Lipinski definition) is 1. The van der Waals surface area contributed by atoms with E-state index in [1.165, 1.54) is 22.3 Å². The zero-order chi connectivity index (χ0) is 23.6. The number of carbonyl (C=O) groups excluding carboxylic acids is 2. The van der Waals surface area contributed by atoms with Gasteiger partial charge in [0.05, 0.1) is 15.8 Å². The van der Waals surface area contributed by atoms with Gasteiger partial charge in [-0.2, -0.15) is 13.2 Å². The van der Waals surface area contributed by atoms with E-state index in [9.17, 15) is 27.2 Å². The lowest BCUT2D eigenvalue weighted by molar-refractivity contribution is -0.137. The predicted octanol–water partition coefficient (Wildman–Crippen LogP) is 4.27. The summed E-state index contributed by atoms with van der Waals surface area (Å²) >= 11 is 1.24. The number of thiazole rings is 1. The highest BCUT2D eigenvalue weighted by atomic mass is 32.1. The minimum Gasteiger partial charge on any atom is -0.354 e. The normalized spacial score (nSPS) is 18.5. The van der Waals surface area contributed by atoms with Crippen molar-refractivity contribution in [3.05, 3.63) is 35.2 Å². The van der Waals surface area contributed by atoms with Gasteiger partial charge < -0.3 is 15.1 Å². The van der Waals surface area contributed by atoms with E-state index in [0.717, 1.165) is 25.0 Å². The molecule has 0 atom stereocenters. The number of aromatic nitrogens is 1. The Kier molecular flexibility index (Phi) is 6.87. The lowest BCUT2D eigenvalue weighted by Gasteiger charge is -2.29. The van der Waals surface area contributed by atoms with E-state index >= 15 is 0 Å². The molecular weight excluding hydrogens is 460 g/mol. The summed E-state index contributed by atoms with van der Waals surface area (Å²) in [6.07, 6.45) is -1.51. The third kappa shape index (κ3) is 5.45. The molecule has 11 heteroatoms. The van der Waals surface area contributed by atoms with Gasteiger partial charge in [-0.3, -0.25) is 9.59 Å². The average Bonchev–Trinajstić information content (AvgIpc) is 3.45. The summed E-state index contributed by atoms with van der Waals surface area (Å²) in [6.45, 7) is 1.28. The van der Waals surface area contributed by atoms with Crippen LogP contribution in [0.5, 0.6) is 0 Å².